The Morgan fingerprint density at radius 1 is 1.13 bits per heavy atom. The van der Waals surface area contributed by atoms with Crippen molar-refractivity contribution in [3.05, 3.63) is 83.4 Å². The number of hydrogen-bond donors (Lipinski definition) is 1. The average Bonchev–Trinajstić information content (AvgIpc) is 3.51. The lowest BCUT2D eigenvalue weighted by molar-refractivity contribution is -0.121. The summed E-state index contributed by atoms with van der Waals surface area (Å²) < 4.78 is 30.8. The summed E-state index contributed by atoms with van der Waals surface area (Å²) in [6.07, 6.45) is 5.37. The molecular weight excluding hydrogens is 486 g/mol. The molecule has 0 spiro atoms. The number of nitrogens with zero attached hydrogens (tertiary/aromatic N) is 5. The Bertz CT molecular complexity index is 1560. The first kappa shape index (κ1) is 24.3. The van der Waals surface area contributed by atoms with Crippen molar-refractivity contribution in [2.24, 2.45) is 17.1 Å². The third kappa shape index (κ3) is 3.40. The van der Waals surface area contributed by atoms with Crippen molar-refractivity contribution in [3.8, 4) is 22.5 Å². The minimum absolute atomic E-state index is 0.153. The van der Waals surface area contributed by atoms with Crippen LogP contribution in [-0.4, -0.2) is 30.9 Å². The molecule has 4 aromatic rings. The van der Waals surface area contributed by atoms with E-state index in [4.69, 9.17) is 10.7 Å². The largest absolute Gasteiger partial charge is 0.369 e. The minimum Gasteiger partial charge on any atom is -0.369 e. The molecule has 2 bridgehead atoms. The number of hydrogen-bond acceptors (Lipinski definition) is 5. The van der Waals surface area contributed by atoms with Crippen molar-refractivity contribution in [2.45, 2.75) is 51.5 Å². The molecular formula is C29H28F2N6O. The van der Waals surface area contributed by atoms with E-state index in [9.17, 15) is 13.6 Å². The highest BCUT2D eigenvalue weighted by Gasteiger charge is 2.65. The summed E-state index contributed by atoms with van der Waals surface area (Å²) in [5.41, 5.74) is 9.04. The summed E-state index contributed by atoms with van der Waals surface area (Å²) in [6, 6.07) is 11.6. The maximum atomic E-state index is 14.5. The van der Waals surface area contributed by atoms with Gasteiger partial charge in [-0.3, -0.25) is 14.5 Å². The van der Waals surface area contributed by atoms with Crippen LogP contribution >= 0.6 is 0 Å². The van der Waals surface area contributed by atoms with E-state index < -0.39 is 17.0 Å². The van der Waals surface area contributed by atoms with Crippen LogP contribution in [0.15, 0.2) is 54.9 Å². The van der Waals surface area contributed by atoms with E-state index in [2.05, 4.69) is 29.1 Å². The molecule has 3 atom stereocenters. The normalized spacial score (nSPS) is 21.9. The number of benzene rings is 1. The SMILES string of the molecule is CC(Cn1cc(-c2cccc([C@@]34CC[C@@H](c5cc(-c6c(F)cccc6F)nnc53)C4(C)C)n2)cn1)C(N)=O. The van der Waals surface area contributed by atoms with Crippen molar-refractivity contribution < 1.29 is 13.6 Å². The molecule has 0 aliphatic heterocycles. The van der Waals surface area contributed by atoms with Crippen LogP contribution in [0.5, 0.6) is 0 Å². The molecule has 1 fully saturated rings. The highest BCUT2D eigenvalue weighted by molar-refractivity contribution is 5.76. The Kier molecular flexibility index (Phi) is 5.45. The highest BCUT2D eigenvalue weighted by atomic mass is 19.1. The molecule has 2 N–H and O–H groups in total. The number of amides is 1. The second kappa shape index (κ2) is 8.51. The summed E-state index contributed by atoms with van der Waals surface area (Å²) in [7, 11) is 0. The van der Waals surface area contributed by atoms with E-state index in [-0.39, 0.29) is 34.4 Å². The number of halogens is 2. The number of fused-ring (bicyclic) bond motifs is 5. The second-order valence-corrected chi connectivity index (χ2v) is 11.0. The lowest BCUT2D eigenvalue weighted by atomic mass is 9.66. The molecule has 0 saturated heterocycles. The molecule has 194 valence electrons. The van der Waals surface area contributed by atoms with Gasteiger partial charge in [0.25, 0.3) is 0 Å². The molecule has 38 heavy (non-hydrogen) atoms. The standard InChI is InChI=1S/C29H28F2N6O/c1-16(27(32)38)14-37-15-17(13-33-37)22-8-5-9-24(34-22)29-11-10-19(28(29,2)3)18-12-23(35-36-26(18)29)25-20(30)6-4-7-21(25)31/h4-9,12-13,15-16,19H,10-11,14H2,1-3H3,(H2,32,38)/t16?,19-,29-/m0/s1. The number of pyridine rings is 1. The quantitative estimate of drug-likeness (QED) is 0.390. The Morgan fingerprint density at radius 2 is 1.87 bits per heavy atom. The van der Waals surface area contributed by atoms with Gasteiger partial charge in [-0.05, 0) is 60.1 Å². The van der Waals surface area contributed by atoms with Crippen LogP contribution in [0.3, 0.4) is 0 Å². The molecule has 2 aliphatic carbocycles. The molecule has 2 aliphatic rings. The zero-order chi connectivity index (χ0) is 26.8. The van der Waals surface area contributed by atoms with Crippen molar-refractivity contribution in [1.82, 2.24) is 25.0 Å². The third-order valence-corrected chi connectivity index (χ3v) is 8.66. The Labute approximate surface area is 219 Å². The Balaban J connectivity index is 1.42. The summed E-state index contributed by atoms with van der Waals surface area (Å²) in [6.45, 7) is 6.59. The van der Waals surface area contributed by atoms with Crippen LogP contribution in [-0.2, 0) is 16.8 Å². The molecule has 9 heteroatoms. The number of primary amides is 1. The van der Waals surface area contributed by atoms with Crippen LogP contribution < -0.4 is 5.73 Å². The first-order valence-electron chi connectivity index (χ1n) is 12.8. The Hall–Kier alpha value is -4.01. The van der Waals surface area contributed by atoms with Crippen molar-refractivity contribution >= 4 is 5.91 Å². The summed E-state index contributed by atoms with van der Waals surface area (Å²) in [4.78, 5) is 16.6. The van der Waals surface area contributed by atoms with Gasteiger partial charge >= 0.3 is 0 Å². The van der Waals surface area contributed by atoms with Crippen molar-refractivity contribution in [3.63, 3.8) is 0 Å². The molecule has 7 nitrogen and oxygen atoms in total. The third-order valence-electron chi connectivity index (χ3n) is 8.66. The fourth-order valence-corrected chi connectivity index (χ4v) is 6.56. The van der Waals surface area contributed by atoms with E-state index >= 15 is 0 Å². The van der Waals surface area contributed by atoms with Crippen LogP contribution in [0, 0.1) is 23.0 Å². The summed E-state index contributed by atoms with van der Waals surface area (Å²) in [5, 5.41) is 13.3. The summed E-state index contributed by atoms with van der Waals surface area (Å²) >= 11 is 0. The average molecular weight is 515 g/mol. The number of rotatable bonds is 6. The van der Waals surface area contributed by atoms with E-state index in [0.29, 0.717) is 6.54 Å². The smallest absolute Gasteiger partial charge is 0.222 e. The maximum absolute atomic E-state index is 14.5. The van der Waals surface area contributed by atoms with Gasteiger partial charge in [0.2, 0.25) is 5.91 Å². The topological polar surface area (TPSA) is 99.6 Å². The highest BCUT2D eigenvalue weighted by Crippen LogP contribution is 2.69. The van der Waals surface area contributed by atoms with Gasteiger partial charge in [-0.1, -0.05) is 32.9 Å². The molecule has 3 heterocycles. The number of carbonyl (C=O) groups is 1. The molecule has 3 aromatic heterocycles. The lowest BCUT2D eigenvalue weighted by Crippen LogP contribution is -2.37. The van der Waals surface area contributed by atoms with Gasteiger partial charge in [-0.2, -0.15) is 10.2 Å². The van der Waals surface area contributed by atoms with Gasteiger partial charge in [0.05, 0.1) is 52.4 Å². The second-order valence-electron chi connectivity index (χ2n) is 11.0. The number of carbonyl (C=O) groups excluding carboxylic acids is 1. The van der Waals surface area contributed by atoms with Crippen molar-refractivity contribution in [1.29, 1.82) is 0 Å². The van der Waals surface area contributed by atoms with Crippen LogP contribution in [0.4, 0.5) is 8.78 Å². The first-order chi connectivity index (χ1) is 18.1. The predicted octanol–water partition coefficient (Wildman–Crippen LogP) is 5.01. The molecule has 1 aromatic carbocycles. The molecule has 1 unspecified atom stereocenters. The van der Waals surface area contributed by atoms with Crippen LogP contribution in [0.1, 0.15) is 56.5 Å². The predicted molar refractivity (Wildman–Crippen MR) is 138 cm³/mol. The van der Waals surface area contributed by atoms with E-state index in [1.807, 2.05) is 30.5 Å². The van der Waals surface area contributed by atoms with Crippen molar-refractivity contribution in [2.75, 3.05) is 0 Å². The van der Waals surface area contributed by atoms with E-state index in [1.54, 1.807) is 17.8 Å². The maximum Gasteiger partial charge on any atom is 0.222 e. The van der Waals surface area contributed by atoms with Gasteiger partial charge in [-0.15, -0.1) is 5.10 Å². The van der Waals surface area contributed by atoms with Gasteiger partial charge in [0, 0.05) is 11.8 Å². The van der Waals surface area contributed by atoms with Gasteiger partial charge in [-0.25, -0.2) is 8.78 Å². The van der Waals surface area contributed by atoms with Crippen LogP contribution in [0.25, 0.3) is 22.5 Å². The zero-order valence-electron chi connectivity index (χ0n) is 21.4. The molecule has 1 saturated carbocycles. The zero-order valence-corrected chi connectivity index (χ0v) is 21.4. The van der Waals surface area contributed by atoms with Gasteiger partial charge in [0.1, 0.15) is 11.6 Å². The fourth-order valence-electron chi connectivity index (χ4n) is 6.56. The minimum atomic E-state index is -0.656. The molecule has 6 rings (SSSR count). The lowest BCUT2D eigenvalue weighted by Gasteiger charge is -2.37. The fraction of sp³-hybridized carbons (Fsp3) is 0.345. The van der Waals surface area contributed by atoms with E-state index in [0.717, 1.165) is 41.1 Å². The molecule has 0 radical (unpaired) electrons. The van der Waals surface area contributed by atoms with Gasteiger partial charge < -0.3 is 5.73 Å². The Morgan fingerprint density at radius 3 is 2.61 bits per heavy atom. The van der Waals surface area contributed by atoms with E-state index in [1.165, 1.54) is 18.2 Å². The number of aromatic nitrogens is 5. The number of nitrogens with two attached hydrogens (primary N) is 1. The van der Waals surface area contributed by atoms with Gasteiger partial charge in [0.15, 0.2) is 0 Å². The van der Waals surface area contributed by atoms with Crippen LogP contribution in [0.2, 0.25) is 0 Å². The molecule has 1 amide bonds. The summed E-state index contributed by atoms with van der Waals surface area (Å²) in [5.74, 6) is -1.87. The first-order valence-corrected chi connectivity index (χ1v) is 12.8. The monoisotopic (exact) mass is 514 g/mol.